The van der Waals surface area contributed by atoms with Gasteiger partial charge in [-0.2, -0.15) is 5.10 Å². The van der Waals surface area contributed by atoms with Crippen LogP contribution in [0.2, 0.25) is 0 Å². The average Bonchev–Trinajstić information content (AvgIpc) is 3.26. The lowest BCUT2D eigenvalue weighted by molar-refractivity contribution is 0.0755. The Hall–Kier alpha value is -2.34. The molecule has 0 aliphatic carbocycles. The number of carbonyl (C=O) groups excluding carboxylic acids is 1. The van der Waals surface area contributed by atoms with Crippen molar-refractivity contribution in [1.82, 2.24) is 20.0 Å². The van der Waals surface area contributed by atoms with E-state index < -0.39 is 0 Å². The SMILES string of the molecule is Cc1ccc(C2CC(c3cc(C(C)C)n[nH]3)CN(C(=O)N3CCC(O)CC3)C2)cc1C. The van der Waals surface area contributed by atoms with Crippen LogP contribution in [0.1, 0.15) is 78.9 Å². The summed E-state index contributed by atoms with van der Waals surface area (Å²) in [6.07, 6.45) is 2.06. The molecule has 6 nitrogen and oxygen atoms in total. The monoisotopic (exact) mass is 424 g/mol. The molecular weight excluding hydrogens is 388 g/mol. The van der Waals surface area contributed by atoms with E-state index in [0.29, 0.717) is 44.3 Å². The van der Waals surface area contributed by atoms with Gasteiger partial charge in [-0.3, -0.25) is 5.10 Å². The highest BCUT2D eigenvalue weighted by Crippen LogP contribution is 2.37. The number of hydrogen-bond acceptors (Lipinski definition) is 3. The predicted octanol–water partition coefficient (Wildman–Crippen LogP) is 4.30. The maximum atomic E-state index is 13.4. The van der Waals surface area contributed by atoms with E-state index in [1.165, 1.54) is 16.7 Å². The first-order chi connectivity index (χ1) is 14.8. The highest BCUT2D eigenvalue weighted by Gasteiger charge is 2.35. The Balaban J connectivity index is 1.59. The van der Waals surface area contributed by atoms with Crippen molar-refractivity contribution in [3.05, 3.63) is 52.3 Å². The molecule has 2 atom stereocenters. The van der Waals surface area contributed by atoms with Crippen LogP contribution in [0.15, 0.2) is 24.3 Å². The minimum absolute atomic E-state index is 0.106. The van der Waals surface area contributed by atoms with Crippen LogP contribution in [0.5, 0.6) is 0 Å². The number of nitrogens with one attached hydrogen (secondary N) is 1. The number of rotatable bonds is 3. The van der Waals surface area contributed by atoms with Crippen molar-refractivity contribution in [2.75, 3.05) is 26.2 Å². The molecule has 1 aromatic heterocycles. The Morgan fingerprint density at radius 1 is 1.06 bits per heavy atom. The Morgan fingerprint density at radius 2 is 1.77 bits per heavy atom. The summed E-state index contributed by atoms with van der Waals surface area (Å²) in [6.45, 7) is 11.3. The number of aliphatic hydroxyl groups is 1. The van der Waals surface area contributed by atoms with Gasteiger partial charge in [0.15, 0.2) is 0 Å². The summed E-state index contributed by atoms with van der Waals surface area (Å²) in [6, 6.07) is 8.99. The van der Waals surface area contributed by atoms with E-state index in [4.69, 9.17) is 0 Å². The normalized spacial score (nSPS) is 22.9. The second kappa shape index (κ2) is 9.03. The van der Waals surface area contributed by atoms with Gasteiger partial charge in [0, 0.05) is 43.7 Å². The molecule has 6 heteroatoms. The van der Waals surface area contributed by atoms with Crippen molar-refractivity contribution in [2.45, 2.75) is 70.8 Å². The maximum Gasteiger partial charge on any atom is 0.320 e. The van der Waals surface area contributed by atoms with Crippen LogP contribution < -0.4 is 0 Å². The van der Waals surface area contributed by atoms with Gasteiger partial charge in [-0.1, -0.05) is 32.0 Å². The molecule has 0 saturated carbocycles. The number of aryl methyl sites for hydroxylation is 2. The number of carbonyl (C=O) groups is 1. The zero-order valence-corrected chi connectivity index (χ0v) is 19.3. The molecule has 168 valence electrons. The number of aromatic nitrogens is 2. The minimum Gasteiger partial charge on any atom is -0.393 e. The summed E-state index contributed by atoms with van der Waals surface area (Å²) in [4.78, 5) is 17.3. The number of H-pyrrole nitrogens is 1. The fourth-order valence-electron chi connectivity index (χ4n) is 4.86. The Bertz CT molecular complexity index is 914. The van der Waals surface area contributed by atoms with Crippen LogP contribution in [-0.4, -0.2) is 63.4 Å². The Labute approximate surface area is 185 Å². The molecule has 2 aliphatic rings. The molecule has 0 radical (unpaired) electrons. The summed E-state index contributed by atoms with van der Waals surface area (Å²) >= 11 is 0. The van der Waals surface area contributed by atoms with Crippen LogP contribution in [-0.2, 0) is 0 Å². The third-order valence-electron chi connectivity index (χ3n) is 7.11. The molecule has 2 aromatic rings. The van der Waals surface area contributed by atoms with Crippen LogP contribution in [0, 0.1) is 13.8 Å². The third kappa shape index (κ3) is 4.79. The standard InChI is InChI=1S/C25H36N4O2/c1-16(2)23-13-24(27-26-23)21-12-20(19-6-5-17(3)18(4)11-19)14-29(15-21)25(31)28-9-7-22(30)8-10-28/h5-6,11,13,16,20-22,30H,7-10,12,14-15H2,1-4H3,(H,26,27). The molecule has 2 unspecified atom stereocenters. The number of amides is 2. The lowest BCUT2D eigenvalue weighted by Gasteiger charge is -2.41. The number of benzene rings is 1. The number of hydrogen-bond donors (Lipinski definition) is 2. The average molecular weight is 425 g/mol. The summed E-state index contributed by atoms with van der Waals surface area (Å²) in [5.41, 5.74) is 6.11. The third-order valence-corrected chi connectivity index (χ3v) is 7.11. The van der Waals surface area contributed by atoms with Gasteiger partial charge < -0.3 is 14.9 Å². The summed E-state index contributed by atoms with van der Waals surface area (Å²) in [5, 5.41) is 17.6. The van der Waals surface area contributed by atoms with E-state index in [-0.39, 0.29) is 18.1 Å². The largest absolute Gasteiger partial charge is 0.393 e. The van der Waals surface area contributed by atoms with Crippen molar-refractivity contribution in [1.29, 1.82) is 0 Å². The van der Waals surface area contributed by atoms with Crippen molar-refractivity contribution in [3.63, 3.8) is 0 Å². The van der Waals surface area contributed by atoms with Gasteiger partial charge in [-0.15, -0.1) is 0 Å². The van der Waals surface area contributed by atoms with E-state index >= 15 is 0 Å². The molecule has 2 aliphatic heterocycles. The minimum atomic E-state index is -0.277. The maximum absolute atomic E-state index is 13.4. The number of urea groups is 1. The van der Waals surface area contributed by atoms with Gasteiger partial charge in [0.1, 0.15) is 0 Å². The molecule has 2 amide bonds. The predicted molar refractivity (Wildman–Crippen MR) is 122 cm³/mol. The van der Waals surface area contributed by atoms with Crippen molar-refractivity contribution >= 4 is 6.03 Å². The van der Waals surface area contributed by atoms with Gasteiger partial charge in [0.2, 0.25) is 0 Å². The quantitative estimate of drug-likeness (QED) is 0.772. The molecule has 3 heterocycles. The van der Waals surface area contributed by atoms with Gasteiger partial charge >= 0.3 is 6.03 Å². The summed E-state index contributed by atoms with van der Waals surface area (Å²) < 4.78 is 0. The molecule has 1 aromatic carbocycles. The molecule has 31 heavy (non-hydrogen) atoms. The van der Waals surface area contributed by atoms with E-state index in [1.807, 2.05) is 9.80 Å². The highest BCUT2D eigenvalue weighted by atomic mass is 16.3. The van der Waals surface area contributed by atoms with Crippen LogP contribution in [0.3, 0.4) is 0 Å². The van der Waals surface area contributed by atoms with Gasteiger partial charge in [0.05, 0.1) is 11.8 Å². The van der Waals surface area contributed by atoms with E-state index in [1.54, 1.807) is 0 Å². The van der Waals surface area contributed by atoms with E-state index in [0.717, 1.165) is 24.4 Å². The van der Waals surface area contributed by atoms with Crippen molar-refractivity contribution in [3.8, 4) is 0 Å². The lowest BCUT2D eigenvalue weighted by Crippen LogP contribution is -2.51. The number of piperidine rings is 2. The fraction of sp³-hybridized carbons (Fsp3) is 0.600. The number of aromatic amines is 1. The second-order valence-electron chi connectivity index (χ2n) is 9.78. The topological polar surface area (TPSA) is 72.5 Å². The zero-order valence-electron chi connectivity index (χ0n) is 19.3. The summed E-state index contributed by atoms with van der Waals surface area (Å²) in [5.74, 6) is 0.907. The first-order valence-electron chi connectivity index (χ1n) is 11.7. The van der Waals surface area contributed by atoms with Crippen LogP contribution in [0.4, 0.5) is 4.79 Å². The molecule has 0 bridgehead atoms. The molecule has 0 spiro atoms. The van der Waals surface area contributed by atoms with Crippen LogP contribution >= 0.6 is 0 Å². The van der Waals surface area contributed by atoms with Gasteiger partial charge in [0.25, 0.3) is 0 Å². The molecule has 2 saturated heterocycles. The fourth-order valence-corrected chi connectivity index (χ4v) is 4.86. The summed E-state index contributed by atoms with van der Waals surface area (Å²) in [7, 11) is 0. The van der Waals surface area contributed by atoms with Crippen molar-refractivity contribution in [2.24, 2.45) is 0 Å². The Kier molecular flexibility index (Phi) is 6.37. The first kappa shape index (κ1) is 21.9. The van der Waals surface area contributed by atoms with E-state index in [2.05, 4.69) is 62.2 Å². The first-order valence-corrected chi connectivity index (χ1v) is 11.7. The molecule has 2 N–H and O–H groups in total. The number of nitrogens with zero attached hydrogens (tertiary/aromatic N) is 3. The number of likely N-dealkylation sites (tertiary alicyclic amines) is 2. The second-order valence-corrected chi connectivity index (χ2v) is 9.78. The van der Waals surface area contributed by atoms with Crippen molar-refractivity contribution < 1.29 is 9.90 Å². The zero-order chi connectivity index (χ0) is 22.1. The Morgan fingerprint density at radius 3 is 2.42 bits per heavy atom. The molecule has 2 fully saturated rings. The molecular formula is C25H36N4O2. The van der Waals surface area contributed by atoms with Crippen LogP contribution in [0.25, 0.3) is 0 Å². The molecule has 4 rings (SSSR count). The lowest BCUT2D eigenvalue weighted by atomic mass is 9.82. The number of aliphatic hydroxyl groups excluding tert-OH is 1. The smallest absolute Gasteiger partial charge is 0.320 e. The highest BCUT2D eigenvalue weighted by molar-refractivity contribution is 5.75. The van der Waals surface area contributed by atoms with E-state index in [9.17, 15) is 9.90 Å². The van der Waals surface area contributed by atoms with Gasteiger partial charge in [-0.25, -0.2) is 4.79 Å². The van der Waals surface area contributed by atoms with Gasteiger partial charge in [-0.05, 0) is 61.8 Å².